The van der Waals surface area contributed by atoms with Crippen LogP contribution in [0, 0.1) is 22.9 Å². The van der Waals surface area contributed by atoms with Crippen LogP contribution < -0.4 is 10.6 Å². The van der Waals surface area contributed by atoms with E-state index in [0.717, 1.165) is 0 Å². The molecule has 0 radical (unpaired) electrons. The Bertz CT molecular complexity index is 143. The van der Waals surface area contributed by atoms with Gasteiger partial charge in [-0.25, -0.2) is 15.4 Å². The number of nitrogens with one attached hydrogen (secondary N) is 2. The fourth-order valence-electron chi connectivity index (χ4n) is 0.133. The normalized spacial score (nSPS) is 5.75. The Morgan fingerprint density at radius 2 is 1.62 bits per heavy atom. The second-order valence-corrected chi connectivity index (χ2v) is 0.803. The number of nitrogens with zero attached hydrogens (tertiary/aromatic N) is 2. The van der Waals surface area contributed by atoms with Crippen molar-refractivity contribution in [3.05, 3.63) is 0 Å². The van der Waals surface area contributed by atoms with Gasteiger partial charge in [0, 0.05) is 0 Å². The number of urea groups is 1. The molecule has 0 aromatic heterocycles. The van der Waals surface area contributed by atoms with Crippen molar-refractivity contribution in [3.63, 3.8) is 0 Å². The van der Waals surface area contributed by atoms with Crippen LogP contribution in [0.1, 0.15) is 0 Å². The van der Waals surface area contributed by atoms with Crippen LogP contribution in [0.15, 0.2) is 0 Å². The molecule has 0 rings (SSSR count). The monoisotopic (exact) mass is 110 g/mol. The van der Waals surface area contributed by atoms with Gasteiger partial charge in [0.15, 0.2) is 12.4 Å². The van der Waals surface area contributed by atoms with Crippen molar-refractivity contribution in [2.45, 2.75) is 0 Å². The minimum absolute atomic E-state index is 0.810. The summed E-state index contributed by atoms with van der Waals surface area (Å²) < 4.78 is 0. The Kier molecular flexibility index (Phi) is 2.69. The fourth-order valence-corrected chi connectivity index (χ4v) is 0.133. The van der Waals surface area contributed by atoms with E-state index in [0.29, 0.717) is 0 Å². The molecule has 5 heteroatoms. The van der Waals surface area contributed by atoms with Gasteiger partial charge in [-0.3, -0.25) is 0 Å². The van der Waals surface area contributed by atoms with Gasteiger partial charge in [0.2, 0.25) is 0 Å². The third-order valence-corrected chi connectivity index (χ3v) is 0.339. The number of rotatable bonds is 0. The largest absolute Gasteiger partial charge is 0.341 e. The Balaban J connectivity index is 3.41. The van der Waals surface area contributed by atoms with Gasteiger partial charge in [0.25, 0.3) is 0 Å². The molecule has 0 saturated carbocycles. The maximum Gasteiger partial charge on any atom is 0.341 e. The summed E-state index contributed by atoms with van der Waals surface area (Å²) in [5.41, 5.74) is 0. The summed E-state index contributed by atoms with van der Waals surface area (Å²) >= 11 is 0. The van der Waals surface area contributed by atoms with Crippen LogP contribution in [0.25, 0.3) is 0 Å². The van der Waals surface area contributed by atoms with E-state index < -0.39 is 6.03 Å². The molecule has 0 heterocycles. The summed E-state index contributed by atoms with van der Waals surface area (Å²) in [6.07, 6.45) is 2.68. The first kappa shape index (κ1) is 6.25. The summed E-state index contributed by atoms with van der Waals surface area (Å²) in [4.78, 5) is 9.98. The zero-order chi connectivity index (χ0) is 6.41. The van der Waals surface area contributed by atoms with E-state index in [1.54, 1.807) is 10.6 Å². The quantitative estimate of drug-likeness (QED) is 0.317. The van der Waals surface area contributed by atoms with E-state index in [4.69, 9.17) is 10.5 Å². The first-order valence-corrected chi connectivity index (χ1v) is 1.65. The van der Waals surface area contributed by atoms with Gasteiger partial charge >= 0.3 is 6.03 Å². The minimum Gasteiger partial charge on any atom is -0.247 e. The number of hydrogen-bond acceptors (Lipinski definition) is 3. The molecular weight excluding hydrogens is 108 g/mol. The lowest BCUT2D eigenvalue weighted by molar-refractivity contribution is 0.248. The SMILES string of the molecule is N#CNC(=O)NC#N. The van der Waals surface area contributed by atoms with Gasteiger partial charge in [-0.15, -0.1) is 0 Å². The maximum absolute atomic E-state index is 9.98. The average Bonchev–Trinajstić information content (AvgIpc) is 1.68. The van der Waals surface area contributed by atoms with E-state index in [9.17, 15) is 4.79 Å². The van der Waals surface area contributed by atoms with Crippen molar-refractivity contribution in [3.8, 4) is 12.4 Å². The number of hydrogen-bond donors (Lipinski definition) is 2. The zero-order valence-corrected chi connectivity index (χ0v) is 3.80. The maximum atomic E-state index is 9.98. The predicted molar refractivity (Wildman–Crippen MR) is 22.9 cm³/mol. The van der Waals surface area contributed by atoms with Gasteiger partial charge in [-0.1, -0.05) is 0 Å². The number of carbonyl (C=O) groups is 1. The topological polar surface area (TPSA) is 88.7 Å². The first-order valence-electron chi connectivity index (χ1n) is 1.65. The molecule has 0 bridgehead atoms. The molecule has 0 spiro atoms. The molecule has 2 N–H and O–H groups in total. The van der Waals surface area contributed by atoms with E-state index >= 15 is 0 Å². The molecular formula is C3H2N4O. The third-order valence-electron chi connectivity index (χ3n) is 0.339. The molecule has 5 nitrogen and oxygen atoms in total. The number of amides is 2. The fraction of sp³-hybridized carbons (Fsp3) is 0. The molecule has 0 aromatic rings. The Hall–Kier alpha value is -1.75. The van der Waals surface area contributed by atoms with Crippen LogP contribution in [0.4, 0.5) is 4.79 Å². The van der Waals surface area contributed by atoms with Gasteiger partial charge < -0.3 is 0 Å². The molecule has 0 saturated heterocycles. The minimum atomic E-state index is -0.810. The summed E-state index contributed by atoms with van der Waals surface area (Å²) in [6, 6.07) is -0.810. The van der Waals surface area contributed by atoms with Crippen LogP contribution >= 0.6 is 0 Å². The highest BCUT2D eigenvalue weighted by Gasteiger charge is 1.91. The van der Waals surface area contributed by atoms with E-state index in [1.165, 1.54) is 12.4 Å². The first-order chi connectivity index (χ1) is 3.81. The molecule has 0 aliphatic rings. The van der Waals surface area contributed by atoms with Crippen molar-refractivity contribution in [2.75, 3.05) is 0 Å². The van der Waals surface area contributed by atoms with Crippen LogP contribution in [0.2, 0.25) is 0 Å². The van der Waals surface area contributed by atoms with Crippen LogP contribution in [0.5, 0.6) is 0 Å². The molecule has 8 heavy (non-hydrogen) atoms. The van der Waals surface area contributed by atoms with Gasteiger partial charge in [0.1, 0.15) is 0 Å². The van der Waals surface area contributed by atoms with Gasteiger partial charge in [-0.2, -0.15) is 10.5 Å². The van der Waals surface area contributed by atoms with E-state index in [2.05, 4.69) is 0 Å². The summed E-state index contributed by atoms with van der Waals surface area (Å²) in [5.74, 6) is 0. The number of carbonyl (C=O) groups excluding carboxylic acids is 1. The molecule has 0 aliphatic carbocycles. The number of nitriles is 2. The summed E-state index contributed by atoms with van der Waals surface area (Å²) in [5, 5.41) is 18.8. The van der Waals surface area contributed by atoms with Crippen LogP contribution in [-0.2, 0) is 0 Å². The molecule has 40 valence electrons. The Morgan fingerprint density at radius 3 is 1.88 bits per heavy atom. The molecule has 0 atom stereocenters. The van der Waals surface area contributed by atoms with E-state index in [1.807, 2.05) is 0 Å². The Morgan fingerprint density at radius 1 is 1.25 bits per heavy atom. The van der Waals surface area contributed by atoms with Crippen LogP contribution in [-0.4, -0.2) is 6.03 Å². The van der Waals surface area contributed by atoms with Crippen molar-refractivity contribution in [1.82, 2.24) is 10.6 Å². The second kappa shape index (κ2) is 3.44. The molecule has 0 aromatic carbocycles. The van der Waals surface area contributed by atoms with E-state index in [-0.39, 0.29) is 0 Å². The second-order valence-electron chi connectivity index (χ2n) is 0.803. The lowest BCUT2D eigenvalue weighted by Gasteiger charge is -1.85. The van der Waals surface area contributed by atoms with Crippen molar-refractivity contribution < 1.29 is 4.79 Å². The molecule has 0 unspecified atom stereocenters. The van der Waals surface area contributed by atoms with Crippen molar-refractivity contribution in [1.29, 1.82) is 10.5 Å². The summed E-state index contributed by atoms with van der Waals surface area (Å²) in [6.45, 7) is 0. The molecule has 0 fully saturated rings. The van der Waals surface area contributed by atoms with Crippen molar-refractivity contribution >= 4 is 6.03 Å². The zero-order valence-electron chi connectivity index (χ0n) is 3.80. The van der Waals surface area contributed by atoms with Gasteiger partial charge in [-0.05, 0) is 0 Å². The standard InChI is InChI=1S/C3H2N4O/c4-1-6-3(8)7-2-5/h(H2,6,7,8). The smallest absolute Gasteiger partial charge is 0.247 e. The highest BCUT2D eigenvalue weighted by atomic mass is 16.2. The lowest BCUT2D eigenvalue weighted by Crippen LogP contribution is -2.28. The third kappa shape index (κ3) is 2.49. The van der Waals surface area contributed by atoms with Gasteiger partial charge in [0.05, 0.1) is 0 Å². The summed E-state index contributed by atoms with van der Waals surface area (Å²) in [7, 11) is 0. The average molecular weight is 110 g/mol. The van der Waals surface area contributed by atoms with Crippen molar-refractivity contribution in [2.24, 2.45) is 0 Å². The highest BCUT2D eigenvalue weighted by Crippen LogP contribution is 1.54. The molecule has 0 aliphatic heterocycles. The van der Waals surface area contributed by atoms with Crippen LogP contribution in [0.3, 0.4) is 0 Å². The predicted octanol–water partition coefficient (Wildman–Crippen LogP) is -0.752. The highest BCUT2D eigenvalue weighted by molar-refractivity contribution is 5.76. The Labute approximate surface area is 45.5 Å². The molecule has 2 amide bonds. The lowest BCUT2D eigenvalue weighted by atomic mass is 10.9.